The molecule has 9 heteroatoms. The zero-order valence-electron chi connectivity index (χ0n) is 8.54. The van der Waals surface area contributed by atoms with Crippen molar-refractivity contribution in [2.75, 3.05) is 23.9 Å². The molecule has 0 saturated carbocycles. The Hall–Kier alpha value is -1.22. The molecule has 0 radical (unpaired) electrons. The lowest BCUT2D eigenvalue weighted by Gasteiger charge is -2.00. The molecule has 0 atom stereocenters. The highest BCUT2D eigenvalue weighted by atomic mass is 32.2. The lowest BCUT2D eigenvalue weighted by molar-refractivity contribution is -0.380. The summed E-state index contributed by atoms with van der Waals surface area (Å²) >= 11 is 0.928. The second-order valence-electron chi connectivity index (χ2n) is 3.17. The number of nitrogens with zero attached hydrogens (tertiary/aromatic N) is 2. The van der Waals surface area contributed by atoms with Crippen molar-refractivity contribution in [1.29, 1.82) is 0 Å². The van der Waals surface area contributed by atoms with Crippen LogP contribution in [0.3, 0.4) is 0 Å². The number of hydrogen-bond acceptors (Lipinski definition) is 7. The first-order valence-electron chi connectivity index (χ1n) is 4.40. The molecule has 16 heavy (non-hydrogen) atoms. The van der Waals surface area contributed by atoms with Crippen LogP contribution in [0, 0.1) is 10.1 Å². The second-order valence-corrected chi connectivity index (χ2v) is 6.44. The largest absolute Gasteiger partial charge is 0.361 e. The maximum absolute atomic E-state index is 10.8. The molecule has 0 spiro atoms. The van der Waals surface area contributed by atoms with Gasteiger partial charge in [-0.05, 0) is 17.8 Å². The number of sulfone groups is 1. The van der Waals surface area contributed by atoms with Gasteiger partial charge in [-0.25, -0.2) is 13.4 Å². The van der Waals surface area contributed by atoms with E-state index in [4.69, 9.17) is 0 Å². The van der Waals surface area contributed by atoms with E-state index in [1.165, 1.54) is 12.5 Å². The van der Waals surface area contributed by atoms with Gasteiger partial charge in [-0.15, -0.1) is 0 Å². The van der Waals surface area contributed by atoms with Gasteiger partial charge in [0.2, 0.25) is 0 Å². The molecule has 0 bridgehead atoms. The summed E-state index contributed by atoms with van der Waals surface area (Å²) in [7, 11) is -2.95. The van der Waals surface area contributed by atoms with Crippen LogP contribution >= 0.6 is 11.3 Å². The number of nitro groups is 1. The maximum Gasteiger partial charge on any atom is 0.345 e. The van der Waals surface area contributed by atoms with E-state index in [0.29, 0.717) is 18.1 Å². The van der Waals surface area contributed by atoms with E-state index >= 15 is 0 Å². The molecule has 0 amide bonds. The fourth-order valence-corrected chi connectivity index (χ4v) is 2.29. The van der Waals surface area contributed by atoms with Crippen LogP contribution in [0.25, 0.3) is 0 Å². The summed E-state index contributed by atoms with van der Waals surface area (Å²) in [5.41, 5.74) is 0. The number of rotatable bonds is 6. The molecule has 0 aliphatic heterocycles. The third-order valence-corrected chi connectivity index (χ3v) is 3.58. The molecule has 90 valence electrons. The molecule has 1 heterocycles. The summed E-state index contributed by atoms with van der Waals surface area (Å²) in [6.07, 6.45) is 2.79. The molecule has 1 aromatic heterocycles. The Morgan fingerprint density at radius 3 is 2.81 bits per heavy atom. The minimum atomic E-state index is -2.95. The Labute approximate surface area is 96.6 Å². The van der Waals surface area contributed by atoms with Gasteiger partial charge in [0.25, 0.3) is 0 Å². The van der Waals surface area contributed by atoms with Gasteiger partial charge in [0.15, 0.2) is 5.13 Å². The lowest BCUT2D eigenvalue weighted by atomic mass is 10.5. The molecule has 0 aliphatic carbocycles. The first-order valence-corrected chi connectivity index (χ1v) is 7.28. The Balaban J connectivity index is 2.35. The van der Waals surface area contributed by atoms with Gasteiger partial charge in [0.1, 0.15) is 16.0 Å². The summed E-state index contributed by atoms with van der Waals surface area (Å²) in [4.78, 5) is 13.6. The quantitative estimate of drug-likeness (QED) is 0.465. The lowest BCUT2D eigenvalue weighted by Crippen LogP contribution is -2.09. The van der Waals surface area contributed by atoms with Gasteiger partial charge < -0.3 is 5.32 Å². The summed E-state index contributed by atoms with van der Waals surface area (Å²) < 4.78 is 21.6. The summed E-state index contributed by atoms with van der Waals surface area (Å²) in [5, 5.41) is 13.6. The fourth-order valence-electron chi connectivity index (χ4n) is 0.961. The normalized spacial score (nSPS) is 11.3. The van der Waals surface area contributed by atoms with Gasteiger partial charge in [0, 0.05) is 12.8 Å². The van der Waals surface area contributed by atoms with E-state index in [-0.39, 0.29) is 10.8 Å². The molecule has 1 rings (SSSR count). The van der Waals surface area contributed by atoms with Crippen LogP contribution in [0.2, 0.25) is 0 Å². The topological polar surface area (TPSA) is 102 Å². The molecule has 0 aromatic carbocycles. The molecule has 0 saturated heterocycles. The van der Waals surface area contributed by atoms with E-state index in [1.54, 1.807) is 0 Å². The first-order chi connectivity index (χ1) is 7.38. The van der Waals surface area contributed by atoms with Crippen LogP contribution < -0.4 is 5.32 Å². The molecule has 0 unspecified atom stereocenters. The predicted octanol–water partition coefficient (Wildman–Crippen LogP) is 0.898. The van der Waals surface area contributed by atoms with Crippen LogP contribution in [0.5, 0.6) is 0 Å². The summed E-state index contributed by atoms with van der Waals surface area (Å²) in [6, 6.07) is 0. The zero-order valence-corrected chi connectivity index (χ0v) is 10.2. The Bertz CT molecular complexity index is 468. The molecule has 1 N–H and O–H groups in total. The Kier molecular flexibility index (Phi) is 4.19. The summed E-state index contributed by atoms with van der Waals surface area (Å²) in [6.45, 7) is 0.428. The highest BCUT2D eigenvalue weighted by Gasteiger charge is 2.10. The molecular weight excluding hydrogens is 254 g/mol. The Morgan fingerprint density at radius 1 is 1.62 bits per heavy atom. The molecule has 0 aliphatic rings. The minimum Gasteiger partial charge on any atom is -0.361 e. The van der Waals surface area contributed by atoms with E-state index < -0.39 is 14.8 Å². The van der Waals surface area contributed by atoms with E-state index in [9.17, 15) is 18.5 Å². The van der Waals surface area contributed by atoms with Crippen molar-refractivity contribution in [2.24, 2.45) is 0 Å². The van der Waals surface area contributed by atoms with E-state index in [0.717, 1.165) is 11.3 Å². The van der Waals surface area contributed by atoms with Crippen molar-refractivity contribution in [3.8, 4) is 0 Å². The number of nitrogens with one attached hydrogen (secondary N) is 1. The minimum absolute atomic E-state index is 0.0365. The van der Waals surface area contributed by atoms with Gasteiger partial charge in [-0.2, -0.15) is 0 Å². The monoisotopic (exact) mass is 265 g/mol. The predicted molar refractivity (Wildman–Crippen MR) is 61.6 cm³/mol. The fraction of sp³-hybridized carbons (Fsp3) is 0.571. The number of anilines is 1. The van der Waals surface area contributed by atoms with E-state index in [2.05, 4.69) is 10.3 Å². The standard InChI is InChI=1S/C7H11N3O4S2/c1-16(13,14)4-2-3-8-7-9-5-6(15-7)10(11)12/h5H,2-4H2,1H3,(H,8,9). The van der Waals surface area contributed by atoms with Gasteiger partial charge in [0.05, 0.1) is 10.7 Å². The van der Waals surface area contributed by atoms with Crippen molar-refractivity contribution >= 4 is 31.3 Å². The smallest absolute Gasteiger partial charge is 0.345 e. The third-order valence-electron chi connectivity index (χ3n) is 1.64. The maximum atomic E-state index is 10.8. The van der Waals surface area contributed by atoms with Crippen LogP contribution in [0.15, 0.2) is 6.20 Å². The SMILES string of the molecule is CS(=O)(=O)CCCNc1ncc([N+](=O)[O-])s1. The molecule has 0 fully saturated rings. The molecule has 1 aromatic rings. The highest BCUT2D eigenvalue weighted by molar-refractivity contribution is 7.90. The second kappa shape index (κ2) is 5.21. The Morgan fingerprint density at radius 2 is 2.31 bits per heavy atom. The van der Waals surface area contributed by atoms with Crippen LogP contribution in [0.1, 0.15) is 6.42 Å². The molecule has 7 nitrogen and oxygen atoms in total. The van der Waals surface area contributed by atoms with Crippen molar-refractivity contribution in [1.82, 2.24) is 4.98 Å². The highest BCUT2D eigenvalue weighted by Crippen LogP contribution is 2.24. The average Bonchev–Trinajstić information content (AvgIpc) is 2.59. The van der Waals surface area contributed by atoms with Crippen molar-refractivity contribution in [3.63, 3.8) is 0 Å². The van der Waals surface area contributed by atoms with Crippen LogP contribution in [-0.2, 0) is 9.84 Å². The third kappa shape index (κ3) is 4.53. The summed E-state index contributed by atoms with van der Waals surface area (Å²) in [5.74, 6) is 0.0907. The van der Waals surface area contributed by atoms with E-state index in [1.807, 2.05) is 0 Å². The average molecular weight is 265 g/mol. The number of aromatic nitrogens is 1. The number of hydrogen-bond donors (Lipinski definition) is 1. The van der Waals surface area contributed by atoms with Crippen LogP contribution in [0.4, 0.5) is 10.1 Å². The van der Waals surface area contributed by atoms with Crippen molar-refractivity contribution < 1.29 is 13.3 Å². The van der Waals surface area contributed by atoms with Gasteiger partial charge in [-0.3, -0.25) is 10.1 Å². The zero-order chi connectivity index (χ0) is 12.2. The van der Waals surface area contributed by atoms with Gasteiger partial charge in [-0.1, -0.05) is 0 Å². The molecular formula is C7H11N3O4S2. The van der Waals surface area contributed by atoms with Crippen molar-refractivity contribution in [3.05, 3.63) is 16.3 Å². The number of thiazole rings is 1. The van der Waals surface area contributed by atoms with Gasteiger partial charge >= 0.3 is 5.00 Å². The van der Waals surface area contributed by atoms with Crippen LogP contribution in [-0.4, -0.2) is 36.9 Å². The van der Waals surface area contributed by atoms with Crippen molar-refractivity contribution in [2.45, 2.75) is 6.42 Å². The first kappa shape index (κ1) is 12.8.